The van der Waals surface area contributed by atoms with Crippen LogP contribution in [0.3, 0.4) is 0 Å². The molecule has 11 heteroatoms. The van der Waals surface area contributed by atoms with Crippen molar-refractivity contribution >= 4 is 15.7 Å². The number of ether oxygens (including phenoxy) is 2. The Labute approximate surface area is 209 Å². The molecule has 1 aromatic heterocycles. The molecule has 0 spiro atoms. The van der Waals surface area contributed by atoms with E-state index in [0.717, 1.165) is 10.2 Å². The van der Waals surface area contributed by atoms with Crippen molar-refractivity contribution in [1.82, 2.24) is 14.1 Å². The lowest BCUT2D eigenvalue weighted by molar-refractivity contribution is 0.109. The van der Waals surface area contributed by atoms with Gasteiger partial charge in [0.25, 0.3) is 0 Å². The molecule has 0 aliphatic carbocycles. The summed E-state index contributed by atoms with van der Waals surface area (Å²) < 4.78 is 53.8. The van der Waals surface area contributed by atoms with E-state index in [1.165, 1.54) is 28.7 Å². The van der Waals surface area contributed by atoms with E-state index in [1.54, 1.807) is 18.2 Å². The van der Waals surface area contributed by atoms with Crippen LogP contribution in [0.15, 0.2) is 65.6 Å². The summed E-state index contributed by atoms with van der Waals surface area (Å²) in [4.78, 5) is 15.2. The van der Waals surface area contributed by atoms with E-state index in [4.69, 9.17) is 9.47 Å². The lowest BCUT2D eigenvalue weighted by Gasteiger charge is -2.35. The third-order valence-electron chi connectivity index (χ3n) is 5.84. The SMILES string of the molecule is CCOCCOc1c(N2CCN(S(=O)(=O)Cc3ccccc3)CC2)cnn(-c2ccccc2F)c1=O. The first-order valence-corrected chi connectivity index (χ1v) is 13.4. The van der Waals surface area contributed by atoms with Crippen LogP contribution in [-0.4, -0.2) is 68.5 Å². The van der Waals surface area contributed by atoms with E-state index in [9.17, 15) is 17.6 Å². The third kappa shape index (κ3) is 5.92. The Morgan fingerprint density at radius 2 is 1.64 bits per heavy atom. The minimum absolute atomic E-state index is 0.0144. The van der Waals surface area contributed by atoms with Crippen LogP contribution in [0, 0.1) is 5.82 Å². The first-order valence-electron chi connectivity index (χ1n) is 11.7. The van der Waals surface area contributed by atoms with Gasteiger partial charge in [-0.15, -0.1) is 0 Å². The van der Waals surface area contributed by atoms with Crippen LogP contribution in [0.1, 0.15) is 12.5 Å². The van der Waals surface area contributed by atoms with Gasteiger partial charge in [0.2, 0.25) is 15.8 Å². The molecule has 1 saturated heterocycles. The van der Waals surface area contributed by atoms with Gasteiger partial charge in [-0.25, -0.2) is 12.8 Å². The molecular formula is C25H29FN4O5S. The number of para-hydroxylation sites is 1. The first kappa shape index (κ1) is 25.8. The number of sulfonamides is 1. The number of hydrogen-bond acceptors (Lipinski definition) is 7. The Balaban J connectivity index is 1.55. The Morgan fingerprint density at radius 1 is 0.944 bits per heavy atom. The predicted molar refractivity (Wildman–Crippen MR) is 135 cm³/mol. The highest BCUT2D eigenvalue weighted by molar-refractivity contribution is 7.88. The van der Waals surface area contributed by atoms with Crippen molar-refractivity contribution < 1.29 is 22.3 Å². The van der Waals surface area contributed by atoms with Crippen LogP contribution < -0.4 is 15.2 Å². The van der Waals surface area contributed by atoms with Gasteiger partial charge in [-0.3, -0.25) is 4.79 Å². The Kier molecular flexibility index (Phi) is 8.34. The zero-order chi connectivity index (χ0) is 25.5. The summed E-state index contributed by atoms with van der Waals surface area (Å²) in [6.45, 7) is 3.97. The molecule has 9 nitrogen and oxygen atoms in total. The fraction of sp³-hybridized carbons (Fsp3) is 0.360. The van der Waals surface area contributed by atoms with Gasteiger partial charge in [-0.1, -0.05) is 42.5 Å². The zero-order valence-electron chi connectivity index (χ0n) is 20.0. The van der Waals surface area contributed by atoms with Crippen molar-refractivity contribution in [1.29, 1.82) is 0 Å². The van der Waals surface area contributed by atoms with Gasteiger partial charge in [-0.05, 0) is 24.6 Å². The van der Waals surface area contributed by atoms with E-state index < -0.39 is 21.4 Å². The van der Waals surface area contributed by atoms with Gasteiger partial charge in [-0.2, -0.15) is 14.1 Å². The fourth-order valence-electron chi connectivity index (χ4n) is 4.02. The van der Waals surface area contributed by atoms with Gasteiger partial charge < -0.3 is 14.4 Å². The number of benzene rings is 2. The number of nitrogens with zero attached hydrogens (tertiary/aromatic N) is 4. The van der Waals surface area contributed by atoms with E-state index in [0.29, 0.717) is 25.4 Å². The molecule has 2 aromatic carbocycles. The number of halogens is 1. The lowest BCUT2D eigenvalue weighted by Crippen LogP contribution is -2.49. The standard InChI is InChI=1S/C25H29FN4O5S/c1-2-34-16-17-35-24-23(18-27-30(25(24)31)22-11-7-6-10-21(22)26)28-12-14-29(15-13-28)36(32,33)19-20-8-4-3-5-9-20/h3-11,18H,2,12-17,19H2,1H3. The van der Waals surface area contributed by atoms with Crippen molar-refractivity contribution in [2.75, 3.05) is 50.9 Å². The molecule has 0 atom stereocenters. The molecule has 1 aliphatic rings. The second-order valence-electron chi connectivity index (χ2n) is 8.20. The average Bonchev–Trinajstić information content (AvgIpc) is 2.88. The second kappa shape index (κ2) is 11.6. The Bertz CT molecular complexity index is 1330. The molecular weight excluding hydrogens is 487 g/mol. The van der Waals surface area contributed by atoms with Gasteiger partial charge in [0.15, 0.2) is 0 Å². The molecule has 3 aromatic rings. The normalized spacial score (nSPS) is 14.7. The van der Waals surface area contributed by atoms with Gasteiger partial charge in [0.05, 0.1) is 18.6 Å². The van der Waals surface area contributed by atoms with Crippen molar-refractivity contribution in [3.8, 4) is 11.4 Å². The highest BCUT2D eigenvalue weighted by Gasteiger charge is 2.29. The summed E-state index contributed by atoms with van der Waals surface area (Å²) in [5, 5.41) is 4.19. The maximum Gasteiger partial charge on any atom is 0.316 e. The van der Waals surface area contributed by atoms with Crippen molar-refractivity contribution in [2.24, 2.45) is 0 Å². The van der Waals surface area contributed by atoms with Crippen molar-refractivity contribution in [2.45, 2.75) is 12.7 Å². The highest BCUT2D eigenvalue weighted by Crippen LogP contribution is 2.26. The minimum atomic E-state index is -3.49. The molecule has 0 bridgehead atoms. The summed E-state index contributed by atoms with van der Waals surface area (Å²) in [7, 11) is -3.49. The lowest BCUT2D eigenvalue weighted by atomic mass is 10.2. The summed E-state index contributed by atoms with van der Waals surface area (Å²) in [5.41, 5.74) is 0.573. The van der Waals surface area contributed by atoms with Crippen LogP contribution in [0.2, 0.25) is 0 Å². The predicted octanol–water partition coefficient (Wildman–Crippen LogP) is 2.44. The minimum Gasteiger partial charge on any atom is -0.484 e. The number of anilines is 1. The molecule has 0 radical (unpaired) electrons. The third-order valence-corrected chi connectivity index (χ3v) is 7.69. The number of hydrogen-bond donors (Lipinski definition) is 0. The molecule has 36 heavy (non-hydrogen) atoms. The van der Waals surface area contributed by atoms with Crippen molar-refractivity contribution in [3.05, 3.63) is 82.5 Å². The molecule has 192 valence electrons. The maximum absolute atomic E-state index is 14.4. The smallest absolute Gasteiger partial charge is 0.316 e. The number of piperazine rings is 1. The molecule has 1 fully saturated rings. The second-order valence-corrected chi connectivity index (χ2v) is 10.2. The zero-order valence-corrected chi connectivity index (χ0v) is 20.9. The molecule has 0 saturated carbocycles. The molecule has 1 aliphatic heterocycles. The summed E-state index contributed by atoms with van der Waals surface area (Å²) in [6.07, 6.45) is 1.46. The number of rotatable bonds is 10. The molecule has 0 unspecified atom stereocenters. The van der Waals surface area contributed by atoms with Crippen LogP contribution in [0.25, 0.3) is 5.69 Å². The van der Waals surface area contributed by atoms with E-state index in [2.05, 4.69) is 5.10 Å². The van der Waals surface area contributed by atoms with Gasteiger partial charge in [0, 0.05) is 32.8 Å². The van der Waals surface area contributed by atoms with E-state index in [1.807, 2.05) is 30.0 Å². The van der Waals surface area contributed by atoms with Crippen molar-refractivity contribution in [3.63, 3.8) is 0 Å². The van der Waals surface area contributed by atoms with E-state index >= 15 is 0 Å². The topological polar surface area (TPSA) is 94.0 Å². The first-order chi connectivity index (χ1) is 17.4. The van der Waals surface area contributed by atoms with Crippen LogP contribution in [-0.2, 0) is 20.5 Å². The molecule has 0 amide bonds. The summed E-state index contributed by atoms with van der Waals surface area (Å²) >= 11 is 0. The van der Waals surface area contributed by atoms with Crippen LogP contribution in [0.5, 0.6) is 5.75 Å². The Morgan fingerprint density at radius 3 is 2.33 bits per heavy atom. The molecule has 4 rings (SSSR count). The maximum atomic E-state index is 14.4. The molecule has 2 heterocycles. The average molecular weight is 517 g/mol. The summed E-state index contributed by atoms with van der Waals surface area (Å²) in [6, 6.07) is 14.9. The molecule has 0 N–H and O–H groups in total. The fourth-order valence-corrected chi connectivity index (χ4v) is 5.53. The summed E-state index contributed by atoms with van der Waals surface area (Å²) in [5.74, 6) is -0.634. The van der Waals surface area contributed by atoms with Gasteiger partial charge >= 0.3 is 5.56 Å². The quantitative estimate of drug-likeness (QED) is 0.382. The number of aromatic nitrogens is 2. The monoisotopic (exact) mass is 516 g/mol. The van der Waals surface area contributed by atoms with Gasteiger partial charge in [0.1, 0.15) is 23.8 Å². The largest absolute Gasteiger partial charge is 0.484 e. The Hall–Kier alpha value is -3.28. The van der Waals surface area contributed by atoms with E-state index in [-0.39, 0.29) is 43.5 Å². The van der Waals surface area contributed by atoms with Crippen LogP contribution in [0.4, 0.5) is 10.1 Å². The van der Waals surface area contributed by atoms with Crippen LogP contribution >= 0.6 is 0 Å². The highest BCUT2D eigenvalue weighted by atomic mass is 32.2.